The molecule has 6 fully saturated rings. The second-order valence-electron chi connectivity index (χ2n) is 15.9. The summed E-state index contributed by atoms with van der Waals surface area (Å²) >= 11 is 2.83. The van der Waals surface area contributed by atoms with Crippen LogP contribution in [-0.2, 0) is 15.8 Å². The molecule has 2 aromatic heterocycles. The molecule has 8 heterocycles. The van der Waals surface area contributed by atoms with Crippen molar-refractivity contribution in [2.45, 2.75) is 104 Å². The number of Topliss-reactive ketones (excluding diaryl/α,β-unsaturated/α-hetero) is 1. The highest BCUT2D eigenvalue weighted by molar-refractivity contribution is 7.21. The van der Waals surface area contributed by atoms with Gasteiger partial charge in [-0.25, -0.2) is 0 Å². The SMILES string of the molecule is CC1(C)[C@H](N)C2CCN1CC2.Cc1ccc2cc(C(=O)C[C@@H]3C4CCN(CC4)C3(C)C)sc2c1C.Cc1ccc2ccsc2c1C(F)(F)F.Cl.O=C=O. The fourth-order valence-corrected chi connectivity index (χ4v) is 11.2. The number of carbonyl (C=O) groups is 1. The average molecular weight is 792 g/mol. The molecule has 2 atom stereocenters. The van der Waals surface area contributed by atoms with Crippen molar-refractivity contribution in [1.29, 1.82) is 0 Å². The van der Waals surface area contributed by atoms with Gasteiger partial charge < -0.3 is 5.73 Å². The summed E-state index contributed by atoms with van der Waals surface area (Å²) < 4.78 is 39.6. The number of aryl methyl sites for hydroxylation is 3. The minimum atomic E-state index is -4.26. The third-order valence-electron chi connectivity index (χ3n) is 12.5. The molecule has 2 N–H and O–H groups in total. The number of carbonyl (C=O) groups excluding carboxylic acids is 3. The van der Waals surface area contributed by atoms with Gasteiger partial charge in [0.15, 0.2) is 5.78 Å². The van der Waals surface area contributed by atoms with Gasteiger partial charge in [-0.15, -0.1) is 35.1 Å². The molecular weight excluding hydrogens is 739 g/mol. The summed E-state index contributed by atoms with van der Waals surface area (Å²) in [5, 5.41) is 3.56. The topological polar surface area (TPSA) is 83.7 Å². The summed E-state index contributed by atoms with van der Waals surface area (Å²) in [6.45, 7) is 20.0. The summed E-state index contributed by atoms with van der Waals surface area (Å²) in [4.78, 5) is 35.4. The van der Waals surface area contributed by atoms with E-state index in [1.54, 1.807) is 28.8 Å². The van der Waals surface area contributed by atoms with Crippen molar-refractivity contribution in [2.24, 2.45) is 23.5 Å². The van der Waals surface area contributed by atoms with Crippen molar-refractivity contribution in [3.63, 3.8) is 0 Å². The summed E-state index contributed by atoms with van der Waals surface area (Å²) in [6, 6.07) is 11.8. The van der Waals surface area contributed by atoms with Crippen molar-refractivity contribution < 1.29 is 27.6 Å². The lowest BCUT2D eigenvalue weighted by Crippen LogP contribution is -2.67. The molecule has 2 aromatic carbocycles. The lowest BCUT2D eigenvalue weighted by atomic mass is 9.65. The zero-order chi connectivity index (χ0) is 38.2. The number of nitrogens with two attached hydrogens (primary N) is 1. The van der Waals surface area contributed by atoms with Crippen LogP contribution in [0.1, 0.15) is 91.7 Å². The van der Waals surface area contributed by atoms with Gasteiger partial charge in [-0.3, -0.25) is 14.6 Å². The maximum Gasteiger partial charge on any atom is 0.418 e. The third kappa shape index (κ3) is 8.93. The molecule has 10 rings (SSSR count). The number of fused-ring (bicyclic) bond motifs is 8. The second kappa shape index (κ2) is 17.0. The van der Waals surface area contributed by atoms with Gasteiger partial charge in [0, 0.05) is 32.9 Å². The standard InChI is InChI=1S/C21H27NOS.C10H7F3S.C9H18N2.CO2.ClH/c1-13-5-6-16-11-19(24-20(16)14(13)2)18(23)12-17-15-7-9-22(10-8-15)21(17,3)4;1-6-2-3-7-4-5-14-9(7)8(6)10(11,12)13;1-9(2)8(10)7-3-5-11(9)6-4-7;2-1-3;/h5-6,11,15,17H,7-10,12H2,1-4H3;2-5H,1H3;7-8H,3-6,10H2,1-2H3;;1H/t17-;;8-;;/m1.1../s1. The summed E-state index contributed by atoms with van der Waals surface area (Å²) in [7, 11) is 0. The fraction of sp³-hybridized carbons (Fsp3) is 0.561. The minimum Gasteiger partial charge on any atom is -0.326 e. The Balaban J connectivity index is 0.000000184. The smallest absolute Gasteiger partial charge is 0.326 e. The first-order valence-electron chi connectivity index (χ1n) is 18.2. The van der Waals surface area contributed by atoms with Gasteiger partial charge >= 0.3 is 12.3 Å². The lowest BCUT2D eigenvalue weighted by molar-refractivity contribution is -0.191. The molecule has 290 valence electrons. The molecule has 0 amide bonds. The van der Waals surface area contributed by atoms with Gasteiger partial charge in [0.05, 0.1) is 10.4 Å². The maximum atomic E-state index is 13.0. The maximum absolute atomic E-state index is 13.0. The molecule has 53 heavy (non-hydrogen) atoms. The number of hydrogen-bond donors (Lipinski definition) is 1. The Hall–Kier alpha value is -2.63. The quantitative estimate of drug-likeness (QED) is 0.208. The van der Waals surface area contributed by atoms with E-state index in [1.165, 1.54) is 86.1 Å². The molecule has 0 aliphatic carbocycles. The Morgan fingerprint density at radius 3 is 1.87 bits per heavy atom. The van der Waals surface area contributed by atoms with Crippen molar-refractivity contribution in [2.75, 3.05) is 26.2 Å². The molecule has 6 aliphatic heterocycles. The van der Waals surface area contributed by atoms with E-state index in [0.717, 1.165) is 28.0 Å². The molecule has 4 bridgehead atoms. The van der Waals surface area contributed by atoms with Crippen LogP contribution < -0.4 is 5.73 Å². The first kappa shape index (κ1) is 43.1. The lowest BCUT2D eigenvalue weighted by Gasteiger charge is -2.56. The van der Waals surface area contributed by atoms with E-state index in [1.807, 2.05) is 0 Å². The Kier molecular flexibility index (Phi) is 13.8. The Morgan fingerprint density at radius 1 is 0.830 bits per heavy atom. The predicted octanol–water partition coefficient (Wildman–Crippen LogP) is 10.1. The van der Waals surface area contributed by atoms with E-state index in [2.05, 4.69) is 69.5 Å². The van der Waals surface area contributed by atoms with E-state index in [-0.39, 0.29) is 35.2 Å². The van der Waals surface area contributed by atoms with Gasteiger partial charge in [0.2, 0.25) is 0 Å². The molecule has 6 aliphatic rings. The second-order valence-corrected chi connectivity index (χ2v) is 17.9. The molecule has 0 unspecified atom stereocenters. The van der Waals surface area contributed by atoms with E-state index in [9.17, 15) is 18.0 Å². The van der Waals surface area contributed by atoms with Crippen LogP contribution in [0, 0.1) is 38.5 Å². The van der Waals surface area contributed by atoms with Gasteiger partial charge in [-0.05, 0) is 163 Å². The number of ketones is 1. The number of piperidine rings is 6. The Morgan fingerprint density at radius 2 is 1.36 bits per heavy atom. The molecule has 0 saturated carbocycles. The van der Waals surface area contributed by atoms with Crippen LogP contribution in [0.2, 0.25) is 0 Å². The van der Waals surface area contributed by atoms with E-state index < -0.39 is 11.7 Å². The highest BCUT2D eigenvalue weighted by atomic mass is 35.5. The Bertz CT molecular complexity index is 1910. The predicted molar refractivity (Wildman–Crippen MR) is 212 cm³/mol. The van der Waals surface area contributed by atoms with Crippen molar-refractivity contribution in [1.82, 2.24) is 9.80 Å². The van der Waals surface area contributed by atoms with Crippen molar-refractivity contribution in [3.05, 3.63) is 68.9 Å². The fourth-order valence-electron chi connectivity index (χ4n) is 8.99. The van der Waals surface area contributed by atoms with E-state index in [0.29, 0.717) is 34.2 Å². The largest absolute Gasteiger partial charge is 0.418 e. The van der Waals surface area contributed by atoms with Gasteiger partial charge in [0.1, 0.15) is 0 Å². The van der Waals surface area contributed by atoms with Gasteiger partial charge in [0.25, 0.3) is 0 Å². The zero-order valence-corrected chi connectivity index (χ0v) is 34.2. The highest BCUT2D eigenvalue weighted by Gasteiger charge is 2.48. The third-order valence-corrected chi connectivity index (χ3v) is 14.8. The first-order chi connectivity index (χ1) is 24.4. The minimum absolute atomic E-state index is 0. The van der Waals surface area contributed by atoms with Crippen LogP contribution in [0.15, 0.2) is 41.8 Å². The average Bonchev–Trinajstić information content (AvgIpc) is 3.76. The van der Waals surface area contributed by atoms with Crippen molar-refractivity contribution in [3.8, 4) is 0 Å². The molecule has 4 aromatic rings. The molecule has 6 nitrogen and oxygen atoms in total. The number of thiophene rings is 2. The highest BCUT2D eigenvalue weighted by Crippen LogP contribution is 2.46. The summed E-state index contributed by atoms with van der Waals surface area (Å²) in [5.41, 5.74) is 9.00. The zero-order valence-electron chi connectivity index (χ0n) is 31.8. The van der Waals surface area contributed by atoms with E-state index in [4.69, 9.17) is 15.3 Å². The monoisotopic (exact) mass is 791 g/mol. The molecular formula is C41H53ClF3N3O3S2. The van der Waals surface area contributed by atoms with Crippen LogP contribution in [0.25, 0.3) is 20.2 Å². The Labute approximate surface area is 325 Å². The number of benzene rings is 2. The van der Waals surface area contributed by atoms with Crippen LogP contribution in [0.4, 0.5) is 13.2 Å². The van der Waals surface area contributed by atoms with Gasteiger partial charge in [-0.2, -0.15) is 22.8 Å². The number of nitrogens with zero attached hydrogens (tertiary/aromatic N) is 2. The number of hydrogen-bond acceptors (Lipinski definition) is 8. The van der Waals surface area contributed by atoms with Crippen LogP contribution in [0.5, 0.6) is 0 Å². The molecule has 6 saturated heterocycles. The van der Waals surface area contributed by atoms with E-state index >= 15 is 0 Å². The van der Waals surface area contributed by atoms with Crippen LogP contribution in [-0.4, -0.2) is 65.0 Å². The number of alkyl halides is 3. The normalized spacial score (nSPS) is 26.2. The van der Waals surface area contributed by atoms with Crippen LogP contribution in [0.3, 0.4) is 0 Å². The first-order valence-corrected chi connectivity index (χ1v) is 19.9. The van der Waals surface area contributed by atoms with Gasteiger partial charge in [-0.1, -0.05) is 24.3 Å². The number of halogens is 4. The number of rotatable bonds is 3. The summed E-state index contributed by atoms with van der Waals surface area (Å²) in [6.07, 6.45) is 1.89. The van der Waals surface area contributed by atoms with Crippen LogP contribution >= 0.6 is 35.1 Å². The molecule has 0 radical (unpaired) electrons. The summed E-state index contributed by atoms with van der Waals surface area (Å²) in [5.74, 6) is 2.38. The molecule has 0 spiro atoms. The molecule has 12 heteroatoms. The van der Waals surface area contributed by atoms with Crippen molar-refractivity contribution >= 4 is 67.2 Å².